The van der Waals surface area contributed by atoms with Crippen LogP contribution in [0.5, 0.6) is 0 Å². The first-order chi connectivity index (χ1) is 15.8. The van der Waals surface area contributed by atoms with Crippen LogP contribution in [-0.4, -0.2) is 46.6 Å². The Kier molecular flexibility index (Phi) is 7.17. The predicted octanol–water partition coefficient (Wildman–Crippen LogP) is 2.52. The summed E-state index contributed by atoms with van der Waals surface area (Å²) in [5.41, 5.74) is 1.68. The molecule has 0 saturated heterocycles. The molecule has 2 atom stereocenters. The average molecular weight is 535 g/mol. The van der Waals surface area contributed by atoms with Crippen LogP contribution in [0.2, 0.25) is 0 Å². The number of nitrogens with two attached hydrogens (primary N) is 1. The number of rotatable bonds is 9. The Labute approximate surface area is 200 Å². The summed E-state index contributed by atoms with van der Waals surface area (Å²) in [6.07, 6.45) is 6.86. The average Bonchev–Trinajstić information content (AvgIpc) is 3.41. The van der Waals surface area contributed by atoms with E-state index in [1.807, 2.05) is 24.3 Å². The Hall–Kier alpha value is -2.67. The fourth-order valence-corrected chi connectivity index (χ4v) is 4.71. The lowest BCUT2D eigenvalue weighted by Crippen LogP contribution is -2.22. The number of hydrogen-bond acceptors (Lipinski definition) is 8. The zero-order chi connectivity index (χ0) is 23.4. The first kappa shape index (κ1) is 23.5. The minimum atomic E-state index is -3.95. The highest BCUT2D eigenvalue weighted by Crippen LogP contribution is 2.29. The molecule has 2 unspecified atom stereocenters. The van der Waals surface area contributed by atoms with Gasteiger partial charge in [0.05, 0.1) is 18.7 Å². The van der Waals surface area contributed by atoms with E-state index in [4.69, 9.17) is 9.32 Å². The number of ketones is 1. The van der Waals surface area contributed by atoms with Gasteiger partial charge in [-0.1, -0.05) is 28.1 Å². The van der Waals surface area contributed by atoms with E-state index >= 15 is 0 Å². The lowest BCUT2D eigenvalue weighted by atomic mass is 10.1. The van der Waals surface area contributed by atoms with Gasteiger partial charge in [-0.2, -0.15) is 13.5 Å². The van der Waals surface area contributed by atoms with Gasteiger partial charge in [0.1, 0.15) is 17.8 Å². The van der Waals surface area contributed by atoms with Crippen molar-refractivity contribution in [3.05, 3.63) is 70.3 Å². The maximum Gasteiger partial charge on any atom is 0.333 e. The number of carbonyl (C=O) groups excluding carboxylic acids is 1. The molecule has 2 heterocycles. The molecule has 1 fully saturated rings. The van der Waals surface area contributed by atoms with Gasteiger partial charge in [0, 0.05) is 22.9 Å². The van der Waals surface area contributed by atoms with Gasteiger partial charge in [-0.15, -0.1) is 0 Å². The van der Waals surface area contributed by atoms with Crippen molar-refractivity contribution < 1.29 is 17.4 Å². The zero-order valence-electron chi connectivity index (χ0n) is 17.6. The molecule has 0 amide bonds. The van der Waals surface area contributed by atoms with Crippen molar-refractivity contribution >= 4 is 37.8 Å². The van der Waals surface area contributed by atoms with Gasteiger partial charge in [-0.25, -0.2) is 15.1 Å². The highest BCUT2D eigenvalue weighted by atomic mass is 79.9. The molecule has 4 rings (SSSR count). The molecule has 3 aromatic rings. The maximum atomic E-state index is 13.1. The Balaban J connectivity index is 1.42. The molecule has 0 bridgehead atoms. The van der Waals surface area contributed by atoms with E-state index < -0.39 is 10.3 Å². The molecule has 3 N–H and O–H groups in total. The Morgan fingerprint density at radius 3 is 2.94 bits per heavy atom. The van der Waals surface area contributed by atoms with Crippen molar-refractivity contribution in [3.8, 4) is 0 Å². The van der Waals surface area contributed by atoms with Gasteiger partial charge >= 0.3 is 10.3 Å². The second kappa shape index (κ2) is 10.1. The number of benzene rings is 1. The van der Waals surface area contributed by atoms with E-state index in [0.717, 1.165) is 22.9 Å². The van der Waals surface area contributed by atoms with E-state index in [9.17, 15) is 13.2 Å². The van der Waals surface area contributed by atoms with E-state index in [-0.39, 0.29) is 24.3 Å². The van der Waals surface area contributed by atoms with E-state index in [0.29, 0.717) is 30.0 Å². The first-order valence-electron chi connectivity index (χ1n) is 10.3. The van der Waals surface area contributed by atoms with Crippen molar-refractivity contribution in [2.24, 2.45) is 11.1 Å². The number of carbonyl (C=O) groups is 1. The minimum Gasteiger partial charge on any atom is -0.367 e. The lowest BCUT2D eigenvalue weighted by Gasteiger charge is -2.15. The van der Waals surface area contributed by atoms with Crippen LogP contribution < -0.4 is 10.5 Å². The molecule has 0 aliphatic heterocycles. The molecule has 10 nitrogen and oxygen atoms in total. The van der Waals surface area contributed by atoms with Gasteiger partial charge in [0.2, 0.25) is 5.78 Å². The third-order valence-corrected chi connectivity index (χ3v) is 6.37. The van der Waals surface area contributed by atoms with Crippen LogP contribution in [-0.2, 0) is 21.0 Å². The summed E-state index contributed by atoms with van der Waals surface area (Å²) < 4.78 is 29.4. The second-order valence-electron chi connectivity index (χ2n) is 7.94. The van der Waals surface area contributed by atoms with Crippen molar-refractivity contribution in [3.63, 3.8) is 0 Å². The normalized spacial score (nSPS) is 18.4. The van der Waals surface area contributed by atoms with Crippen LogP contribution in [0, 0.1) is 5.92 Å². The summed E-state index contributed by atoms with van der Waals surface area (Å²) in [4.78, 5) is 21.4. The van der Waals surface area contributed by atoms with E-state index in [1.165, 1.54) is 12.5 Å². The molecular weight excluding hydrogens is 512 g/mol. The third kappa shape index (κ3) is 6.44. The van der Waals surface area contributed by atoms with Crippen LogP contribution >= 0.6 is 15.9 Å². The smallest absolute Gasteiger partial charge is 0.333 e. The number of aromatic nitrogens is 4. The SMILES string of the molecule is NS(=O)(=O)OCC1CCC(Nc2ncncc2C(=O)c2ccn(Cc3cccc(Br)c3)n2)C1. The molecule has 174 valence electrons. The molecule has 2 aromatic heterocycles. The molecule has 0 spiro atoms. The molecule has 0 radical (unpaired) electrons. The molecule has 33 heavy (non-hydrogen) atoms. The molecule has 12 heteroatoms. The Bertz CT molecular complexity index is 1250. The zero-order valence-corrected chi connectivity index (χ0v) is 20.0. The third-order valence-electron chi connectivity index (χ3n) is 5.41. The maximum absolute atomic E-state index is 13.1. The van der Waals surface area contributed by atoms with Crippen molar-refractivity contribution in [2.75, 3.05) is 11.9 Å². The number of halogens is 1. The minimum absolute atomic E-state index is 0.0228. The number of nitrogens with zero attached hydrogens (tertiary/aromatic N) is 4. The fraction of sp³-hybridized carbons (Fsp3) is 0.333. The van der Waals surface area contributed by atoms with E-state index in [1.54, 1.807) is 16.9 Å². The fourth-order valence-electron chi connectivity index (χ4n) is 3.88. The molecule has 1 aliphatic rings. The van der Waals surface area contributed by atoms with Gasteiger partial charge in [-0.3, -0.25) is 13.7 Å². The predicted molar refractivity (Wildman–Crippen MR) is 125 cm³/mol. The summed E-state index contributed by atoms with van der Waals surface area (Å²) in [6.45, 7) is 0.579. The van der Waals surface area contributed by atoms with Gasteiger partial charge in [-0.05, 0) is 48.9 Å². The topological polar surface area (TPSA) is 142 Å². The van der Waals surface area contributed by atoms with Crippen molar-refractivity contribution in [1.29, 1.82) is 0 Å². The molecular formula is C21H23BrN6O4S. The van der Waals surface area contributed by atoms with Crippen LogP contribution in [0.1, 0.15) is 40.9 Å². The summed E-state index contributed by atoms with van der Waals surface area (Å²) in [5.74, 6) is 0.197. The summed E-state index contributed by atoms with van der Waals surface area (Å²) in [6, 6.07) is 9.58. The monoisotopic (exact) mass is 534 g/mol. The first-order valence-corrected chi connectivity index (χ1v) is 12.6. The highest BCUT2D eigenvalue weighted by Gasteiger charge is 2.28. The standard InChI is InChI=1S/C21H23BrN6O4S/c22-16-3-1-2-14(8-16)11-28-7-6-19(27-28)20(29)18-10-24-13-25-21(18)26-17-5-4-15(9-17)12-32-33(23,30)31/h1-3,6-8,10,13,15,17H,4-5,9,11-12H2,(H2,23,30,31)(H,24,25,26). The van der Waals surface area contributed by atoms with Crippen LogP contribution in [0.4, 0.5) is 5.82 Å². The quantitative estimate of drug-likeness (QED) is 0.398. The van der Waals surface area contributed by atoms with Crippen molar-refractivity contribution in [2.45, 2.75) is 31.8 Å². The highest BCUT2D eigenvalue weighted by molar-refractivity contribution is 9.10. The summed E-state index contributed by atoms with van der Waals surface area (Å²) >= 11 is 3.46. The number of hydrogen-bond donors (Lipinski definition) is 2. The van der Waals surface area contributed by atoms with Crippen LogP contribution in [0.3, 0.4) is 0 Å². The second-order valence-corrected chi connectivity index (χ2v) is 10.1. The number of nitrogens with one attached hydrogen (secondary N) is 1. The molecule has 1 aromatic carbocycles. The largest absolute Gasteiger partial charge is 0.367 e. The summed E-state index contributed by atoms with van der Waals surface area (Å²) in [5, 5.41) is 12.6. The Morgan fingerprint density at radius 2 is 2.15 bits per heavy atom. The van der Waals surface area contributed by atoms with Gasteiger partial charge in [0.25, 0.3) is 0 Å². The van der Waals surface area contributed by atoms with Crippen LogP contribution in [0.25, 0.3) is 0 Å². The van der Waals surface area contributed by atoms with Crippen molar-refractivity contribution in [1.82, 2.24) is 19.7 Å². The van der Waals surface area contributed by atoms with Gasteiger partial charge < -0.3 is 5.32 Å². The molecule has 1 saturated carbocycles. The summed E-state index contributed by atoms with van der Waals surface area (Å²) in [7, 11) is -3.95. The molecule has 1 aliphatic carbocycles. The van der Waals surface area contributed by atoms with E-state index in [2.05, 4.69) is 36.3 Å². The number of anilines is 1. The van der Waals surface area contributed by atoms with Crippen LogP contribution in [0.15, 0.2) is 53.5 Å². The van der Waals surface area contributed by atoms with Gasteiger partial charge in [0.15, 0.2) is 0 Å². The Morgan fingerprint density at radius 1 is 1.30 bits per heavy atom. The lowest BCUT2D eigenvalue weighted by molar-refractivity contribution is 0.103.